The summed E-state index contributed by atoms with van der Waals surface area (Å²) in [5.41, 5.74) is 2.11. The molecule has 0 unspecified atom stereocenters. The van der Waals surface area contributed by atoms with Crippen LogP contribution in [0.3, 0.4) is 0 Å². The number of hydrogen-bond acceptors (Lipinski definition) is 6. The molecule has 0 atom stereocenters. The highest BCUT2D eigenvalue weighted by atomic mass is 32.2. The van der Waals surface area contributed by atoms with Crippen molar-refractivity contribution in [3.05, 3.63) is 64.1 Å². The van der Waals surface area contributed by atoms with Crippen molar-refractivity contribution in [2.24, 2.45) is 0 Å². The van der Waals surface area contributed by atoms with Gasteiger partial charge >= 0.3 is 5.97 Å². The number of carbonyl (C=O) groups excluding carboxylic acids is 2. The van der Waals surface area contributed by atoms with Gasteiger partial charge in [0.15, 0.2) is 0 Å². The molecule has 3 rings (SSSR count). The average Bonchev–Trinajstić information content (AvgIpc) is 2.99. The number of nitrogens with zero attached hydrogens (tertiary/aromatic N) is 1. The quantitative estimate of drug-likeness (QED) is 0.429. The van der Waals surface area contributed by atoms with E-state index < -0.39 is 17.6 Å². The number of carboxylic acids is 1. The number of carbonyl (C=O) groups is 3. The molecule has 0 bridgehead atoms. The fourth-order valence-electron chi connectivity index (χ4n) is 2.92. The zero-order valence-corrected chi connectivity index (χ0v) is 18.3. The van der Waals surface area contributed by atoms with Crippen molar-refractivity contribution in [3.63, 3.8) is 0 Å². The summed E-state index contributed by atoms with van der Waals surface area (Å²) in [5.74, 6) is -2.35. The highest BCUT2D eigenvalue weighted by molar-refractivity contribution is 8.26. The Labute approximate surface area is 188 Å². The summed E-state index contributed by atoms with van der Waals surface area (Å²) in [5, 5.41) is 21.2. The number of thioether (sulfide) groups is 1. The molecule has 1 fully saturated rings. The minimum absolute atomic E-state index is 0.00758. The molecule has 7 nitrogen and oxygen atoms in total. The van der Waals surface area contributed by atoms with Crippen LogP contribution < -0.4 is 5.32 Å². The molecule has 0 radical (unpaired) electrons. The minimum atomic E-state index is -1.26. The lowest BCUT2D eigenvalue weighted by atomic mass is 10.1. The predicted octanol–water partition coefficient (Wildman–Crippen LogP) is 3.88. The van der Waals surface area contributed by atoms with E-state index in [0.717, 1.165) is 18.1 Å². The van der Waals surface area contributed by atoms with Gasteiger partial charge < -0.3 is 15.5 Å². The summed E-state index contributed by atoms with van der Waals surface area (Å²) < 4.78 is 0.387. The van der Waals surface area contributed by atoms with Crippen LogP contribution in [0.1, 0.15) is 34.8 Å². The summed E-state index contributed by atoms with van der Waals surface area (Å²) >= 11 is 6.49. The van der Waals surface area contributed by atoms with Crippen molar-refractivity contribution in [2.45, 2.75) is 19.8 Å². The van der Waals surface area contributed by atoms with Crippen molar-refractivity contribution in [1.82, 2.24) is 4.90 Å². The van der Waals surface area contributed by atoms with Gasteiger partial charge in [-0.2, -0.15) is 0 Å². The number of aromatic hydroxyl groups is 1. The van der Waals surface area contributed by atoms with E-state index in [1.165, 1.54) is 34.4 Å². The molecule has 0 aromatic heterocycles. The molecule has 160 valence electrons. The largest absolute Gasteiger partial charge is 0.507 e. The highest BCUT2D eigenvalue weighted by Gasteiger charge is 2.32. The molecule has 2 aromatic carbocycles. The third-order valence-electron chi connectivity index (χ3n) is 4.63. The van der Waals surface area contributed by atoms with Crippen molar-refractivity contribution in [1.29, 1.82) is 0 Å². The van der Waals surface area contributed by atoms with E-state index in [1.807, 2.05) is 24.3 Å². The van der Waals surface area contributed by atoms with Gasteiger partial charge in [-0.3, -0.25) is 14.5 Å². The average molecular weight is 457 g/mol. The van der Waals surface area contributed by atoms with Crippen LogP contribution in [0.4, 0.5) is 5.69 Å². The van der Waals surface area contributed by atoms with Crippen molar-refractivity contribution >= 4 is 57.8 Å². The smallest absolute Gasteiger partial charge is 0.339 e. The molecule has 1 heterocycles. The number of hydrogen-bond donors (Lipinski definition) is 3. The Morgan fingerprint density at radius 1 is 1.19 bits per heavy atom. The summed E-state index contributed by atoms with van der Waals surface area (Å²) in [6.07, 6.45) is 2.71. The van der Waals surface area contributed by atoms with Crippen molar-refractivity contribution in [2.75, 3.05) is 11.9 Å². The zero-order chi connectivity index (χ0) is 22.5. The fraction of sp³-hybridized carbons (Fsp3) is 0.182. The van der Waals surface area contributed by atoms with Crippen molar-refractivity contribution in [3.8, 4) is 5.75 Å². The summed E-state index contributed by atoms with van der Waals surface area (Å²) in [6, 6.07) is 11.7. The Morgan fingerprint density at radius 2 is 1.90 bits per heavy atom. The molecule has 2 amide bonds. The van der Waals surface area contributed by atoms with Gasteiger partial charge in [-0.05, 0) is 35.8 Å². The molecule has 3 N–H and O–H groups in total. The Morgan fingerprint density at radius 3 is 2.52 bits per heavy atom. The molecular formula is C22H20N2O5S2. The van der Waals surface area contributed by atoms with Crippen LogP contribution in [0.2, 0.25) is 0 Å². The monoisotopic (exact) mass is 456 g/mol. The van der Waals surface area contributed by atoms with Crippen molar-refractivity contribution < 1.29 is 24.6 Å². The Kier molecular flexibility index (Phi) is 7.09. The van der Waals surface area contributed by atoms with E-state index in [4.69, 9.17) is 17.3 Å². The molecule has 1 aliphatic rings. The standard InChI is InChI=1S/C22H20N2O5S2/c1-2-13-3-5-14(6-4-13)11-18-20(27)24(22(30)31-18)10-9-19(26)23-15-7-8-16(21(28)29)17(25)12-15/h3-8,11-12,25H,2,9-10H2,1H3,(H,23,26)(H,28,29)/b18-11-. The molecule has 0 aliphatic carbocycles. The zero-order valence-electron chi connectivity index (χ0n) is 16.6. The van der Waals surface area contributed by atoms with Crippen LogP contribution in [0.25, 0.3) is 6.08 Å². The SMILES string of the molecule is CCc1ccc(/C=C2\SC(=S)N(CCC(=O)Nc3ccc(C(=O)O)c(O)c3)C2=O)cc1. The number of aromatic carboxylic acids is 1. The number of benzene rings is 2. The molecule has 2 aromatic rings. The lowest BCUT2D eigenvalue weighted by Crippen LogP contribution is -2.31. The van der Waals surface area contributed by atoms with Gasteiger partial charge in [-0.15, -0.1) is 0 Å². The third kappa shape index (κ3) is 5.50. The lowest BCUT2D eigenvalue weighted by Gasteiger charge is -2.14. The maximum atomic E-state index is 12.7. The second-order valence-corrected chi connectivity index (χ2v) is 8.44. The van der Waals surface area contributed by atoms with Gasteiger partial charge in [0, 0.05) is 24.7 Å². The normalized spacial score (nSPS) is 14.9. The molecule has 1 saturated heterocycles. The topological polar surface area (TPSA) is 107 Å². The number of phenols is 1. The van der Waals surface area contributed by atoms with Gasteiger partial charge in [0.25, 0.3) is 5.91 Å². The molecule has 0 saturated carbocycles. The summed E-state index contributed by atoms with van der Waals surface area (Å²) in [7, 11) is 0. The first-order valence-electron chi connectivity index (χ1n) is 9.49. The van der Waals surface area contributed by atoms with Crippen LogP contribution in [0.15, 0.2) is 47.4 Å². The van der Waals surface area contributed by atoms with Gasteiger partial charge in [-0.25, -0.2) is 4.79 Å². The van der Waals surface area contributed by atoms with Crippen LogP contribution in [0.5, 0.6) is 5.75 Å². The van der Waals surface area contributed by atoms with Gasteiger partial charge in [0.05, 0.1) is 4.91 Å². The van der Waals surface area contributed by atoms with Gasteiger partial charge in [-0.1, -0.05) is 55.2 Å². The number of anilines is 1. The number of thiocarbonyl (C=S) groups is 1. The van der Waals surface area contributed by atoms with E-state index in [1.54, 1.807) is 6.08 Å². The lowest BCUT2D eigenvalue weighted by molar-refractivity contribution is -0.122. The first-order chi connectivity index (χ1) is 14.8. The number of rotatable bonds is 7. The van der Waals surface area contributed by atoms with Crippen LogP contribution in [-0.2, 0) is 16.0 Å². The highest BCUT2D eigenvalue weighted by Crippen LogP contribution is 2.32. The second-order valence-electron chi connectivity index (χ2n) is 6.76. The molecule has 31 heavy (non-hydrogen) atoms. The first kappa shape index (κ1) is 22.5. The van der Waals surface area contributed by atoms with E-state index in [0.29, 0.717) is 9.23 Å². The molecular weight excluding hydrogens is 436 g/mol. The molecule has 1 aliphatic heterocycles. The van der Waals surface area contributed by atoms with Gasteiger partial charge in [0.2, 0.25) is 5.91 Å². The maximum absolute atomic E-state index is 12.7. The minimum Gasteiger partial charge on any atom is -0.507 e. The fourth-order valence-corrected chi connectivity index (χ4v) is 4.23. The molecule has 0 spiro atoms. The van der Waals surface area contributed by atoms with E-state index in [9.17, 15) is 19.5 Å². The molecule has 9 heteroatoms. The predicted molar refractivity (Wildman–Crippen MR) is 124 cm³/mol. The Bertz CT molecular complexity index is 1080. The van der Waals surface area contributed by atoms with Crippen LogP contribution in [0, 0.1) is 0 Å². The van der Waals surface area contributed by atoms with E-state index in [2.05, 4.69) is 12.2 Å². The first-order valence-corrected chi connectivity index (χ1v) is 10.7. The van der Waals surface area contributed by atoms with Crippen LogP contribution >= 0.6 is 24.0 Å². The van der Waals surface area contributed by atoms with E-state index in [-0.39, 0.29) is 30.1 Å². The van der Waals surface area contributed by atoms with Crippen LogP contribution in [-0.4, -0.2) is 43.8 Å². The number of amides is 2. The van der Waals surface area contributed by atoms with E-state index >= 15 is 0 Å². The number of aryl methyl sites for hydroxylation is 1. The summed E-state index contributed by atoms with van der Waals surface area (Å²) in [6.45, 7) is 2.19. The van der Waals surface area contributed by atoms with Gasteiger partial charge in [0.1, 0.15) is 15.6 Å². The maximum Gasteiger partial charge on any atom is 0.339 e. The number of nitrogens with one attached hydrogen (secondary N) is 1. The Balaban J connectivity index is 1.59. The third-order valence-corrected chi connectivity index (χ3v) is 6.01. The Hall–Kier alpha value is -3.17. The number of carboxylic acid groups (broad SMARTS) is 1. The second kappa shape index (κ2) is 9.76. The summed E-state index contributed by atoms with van der Waals surface area (Å²) in [4.78, 5) is 37.7.